The van der Waals surface area contributed by atoms with Gasteiger partial charge in [0.1, 0.15) is 6.54 Å². The molecule has 1 atom stereocenters. The maximum absolute atomic E-state index is 12.3. The van der Waals surface area contributed by atoms with Gasteiger partial charge in [-0.1, -0.05) is 30.3 Å². The Bertz CT molecular complexity index is 549. The molecule has 0 spiro atoms. The topological polar surface area (TPSA) is 64.7 Å². The maximum atomic E-state index is 12.3. The summed E-state index contributed by atoms with van der Waals surface area (Å²) in [6.45, 7) is 4.12. The summed E-state index contributed by atoms with van der Waals surface area (Å²) < 4.78 is 0. The molecule has 2 N–H and O–H groups in total. The molecule has 2 saturated heterocycles. The second-order valence-corrected chi connectivity index (χ2v) is 6.28. The number of piperazine rings is 1. The summed E-state index contributed by atoms with van der Waals surface area (Å²) in [5, 5.41) is 5.83. The zero-order valence-electron chi connectivity index (χ0n) is 13.3. The van der Waals surface area contributed by atoms with E-state index in [1.165, 1.54) is 5.56 Å². The van der Waals surface area contributed by atoms with Gasteiger partial charge in [0.2, 0.25) is 5.91 Å². The largest absolute Gasteiger partial charge is 0.353 e. The molecule has 2 fully saturated rings. The van der Waals surface area contributed by atoms with Gasteiger partial charge in [0.25, 0.3) is 0 Å². The molecule has 6 nitrogen and oxygen atoms in total. The molecule has 3 amide bonds. The van der Waals surface area contributed by atoms with Crippen LogP contribution in [0.4, 0.5) is 4.79 Å². The van der Waals surface area contributed by atoms with Crippen LogP contribution < -0.4 is 10.6 Å². The van der Waals surface area contributed by atoms with Crippen LogP contribution in [0.3, 0.4) is 0 Å². The number of nitrogens with zero attached hydrogens (tertiary/aromatic N) is 2. The van der Waals surface area contributed by atoms with E-state index < -0.39 is 0 Å². The van der Waals surface area contributed by atoms with E-state index in [0.29, 0.717) is 13.1 Å². The van der Waals surface area contributed by atoms with E-state index in [1.54, 1.807) is 4.90 Å². The molecule has 23 heavy (non-hydrogen) atoms. The summed E-state index contributed by atoms with van der Waals surface area (Å²) in [5.41, 5.74) is 1.30. The van der Waals surface area contributed by atoms with E-state index >= 15 is 0 Å². The molecule has 1 aromatic carbocycles. The smallest absolute Gasteiger partial charge is 0.318 e. The number of rotatable bonds is 3. The molecule has 0 bridgehead atoms. The highest BCUT2D eigenvalue weighted by atomic mass is 16.2. The van der Waals surface area contributed by atoms with Crippen molar-refractivity contribution in [1.29, 1.82) is 0 Å². The Morgan fingerprint density at radius 1 is 1.26 bits per heavy atom. The van der Waals surface area contributed by atoms with E-state index in [0.717, 1.165) is 32.5 Å². The molecule has 3 rings (SSSR count). The summed E-state index contributed by atoms with van der Waals surface area (Å²) in [5.74, 6) is -0.0826. The number of likely N-dealkylation sites (tertiary alicyclic amines) is 1. The lowest BCUT2D eigenvalue weighted by atomic mass is 10.0. The van der Waals surface area contributed by atoms with Gasteiger partial charge in [-0.2, -0.15) is 0 Å². The zero-order valence-corrected chi connectivity index (χ0v) is 13.3. The van der Waals surface area contributed by atoms with Gasteiger partial charge in [-0.15, -0.1) is 0 Å². The van der Waals surface area contributed by atoms with Crippen molar-refractivity contribution < 1.29 is 9.59 Å². The molecule has 2 heterocycles. The number of piperidine rings is 1. The number of hydrogen-bond donors (Lipinski definition) is 2. The van der Waals surface area contributed by atoms with Crippen LogP contribution >= 0.6 is 0 Å². The van der Waals surface area contributed by atoms with E-state index in [9.17, 15) is 9.59 Å². The third kappa shape index (κ3) is 4.45. The highest BCUT2D eigenvalue weighted by Crippen LogP contribution is 2.14. The van der Waals surface area contributed by atoms with Crippen LogP contribution in [0, 0.1) is 0 Å². The van der Waals surface area contributed by atoms with Gasteiger partial charge in [0, 0.05) is 32.2 Å². The number of nitrogens with one attached hydrogen (secondary N) is 2. The minimum Gasteiger partial charge on any atom is -0.353 e. The first-order valence-corrected chi connectivity index (χ1v) is 8.29. The van der Waals surface area contributed by atoms with Crippen LogP contribution in [-0.4, -0.2) is 60.5 Å². The third-order valence-corrected chi connectivity index (χ3v) is 4.41. The summed E-state index contributed by atoms with van der Waals surface area (Å²) in [4.78, 5) is 27.7. The molecule has 2 aliphatic heterocycles. The fourth-order valence-corrected chi connectivity index (χ4v) is 3.24. The van der Waals surface area contributed by atoms with Crippen molar-refractivity contribution in [2.45, 2.75) is 25.4 Å². The first-order valence-electron chi connectivity index (χ1n) is 8.29. The molecule has 1 aromatic rings. The fraction of sp³-hybridized carbons (Fsp3) is 0.529. The van der Waals surface area contributed by atoms with Crippen molar-refractivity contribution in [3.05, 3.63) is 35.9 Å². The maximum Gasteiger partial charge on any atom is 0.318 e. The first-order chi connectivity index (χ1) is 11.2. The van der Waals surface area contributed by atoms with Gasteiger partial charge in [-0.3, -0.25) is 9.69 Å². The first kappa shape index (κ1) is 15.8. The lowest BCUT2D eigenvalue weighted by molar-refractivity contribution is -0.123. The Hall–Kier alpha value is -2.08. The van der Waals surface area contributed by atoms with Gasteiger partial charge in [0.05, 0.1) is 0 Å². The predicted molar refractivity (Wildman–Crippen MR) is 87.9 cm³/mol. The Kier molecular flexibility index (Phi) is 5.12. The molecule has 0 aliphatic carbocycles. The number of benzene rings is 1. The molecular formula is C17H24N4O2. The molecule has 2 aliphatic rings. The van der Waals surface area contributed by atoms with Crippen molar-refractivity contribution in [2.75, 3.05) is 32.7 Å². The SMILES string of the molecule is O=C1CN(C(=O)N[C@H]2CCCN(Cc3ccccc3)C2)CCN1. The minimum atomic E-state index is -0.119. The van der Waals surface area contributed by atoms with Crippen LogP contribution in [0.1, 0.15) is 18.4 Å². The number of carbonyl (C=O) groups excluding carboxylic acids is 2. The molecule has 0 radical (unpaired) electrons. The van der Waals surface area contributed by atoms with E-state index in [4.69, 9.17) is 0 Å². The number of carbonyl (C=O) groups is 2. The van der Waals surface area contributed by atoms with Crippen LogP contribution in [0.15, 0.2) is 30.3 Å². The van der Waals surface area contributed by atoms with E-state index in [1.807, 2.05) is 6.07 Å². The van der Waals surface area contributed by atoms with Crippen molar-refractivity contribution in [1.82, 2.24) is 20.4 Å². The van der Waals surface area contributed by atoms with Crippen LogP contribution in [0.2, 0.25) is 0 Å². The van der Waals surface area contributed by atoms with Gasteiger partial charge in [-0.25, -0.2) is 4.79 Å². The molecular weight excluding hydrogens is 292 g/mol. The Balaban J connectivity index is 1.50. The summed E-state index contributed by atoms with van der Waals surface area (Å²) in [6, 6.07) is 10.4. The second-order valence-electron chi connectivity index (χ2n) is 6.28. The normalized spacial score (nSPS) is 22.5. The quantitative estimate of drug-likeness (QED) is 0.867. The van der Waals surface area contributed by atoms with Gasteiger partial charge in [0.15, 0.2) is 0 Å². The Labute approximate surface area is 136 Å². The van der Waals surface area contributed by atoms with Crippen molar-refractivity contribution in [2.24, 2.45) is 0 Å². The van der Waals surface area contributed by atoms with Crippen LogP contribution in [0.25, 0.3) is 0 Å². The average molecular weight is 316 g/mol. The minimum absolute atomic E-state index is 0.0826. The molecule has 0 unspecified atom stereocenters. The van der Waals surface area contributed by atoms with Crippen LogP contribution in [-0.2, 0) is 11.3 Å². The molecule has 0 saturated carbocycles. The monoisotopic (exact) mass is 316 g/mol. The lowest BCUT2D eigenvalue weighted by Crippen LogP contribution is -2.56. The van der Waals surface area contributed by atoms with Gasteiger partial charge >= 0.3 is 6.03 Å². The summed E-state index contributed by atoms with van der Waals surface area (Å²) in [7, 11) is 0. The van der Waals surface area contributed by atoms with E-state index in [2.05, 4.69) is 39.8 Å². The fourth-order valence-electron chi connectivity index (χ4n) is 3.24. The standard InChI is InChI=1S/C17H24N4O2/c22-16-13-21(10-8-18-16)17(23)19-15-7-4-9-20(12-15)11-14-5-2-1-3-6-14/h1-3,5-6,15H,4,7-13H2,(H,18,22)(H,19,23)/t15-/m0/s1. The molecule has 0 aromatic heterocycles. The predicted octanol–water partition coefficient (Wildman–Crippen LogP) is 0.792. The van der Waals surface area contributed by atoms with Crippen LogP contribution in [0.5, 0.6) is 0 Å². The number of amides is 3. The molecule has 124 valence electrons. The third-order valence-electron chi connectivity index (χ3n) is 4.41. The number of hydrogen-bond acceptors (Lipinski definition) is 3. The second kappa shape index (κ2) is 7.46. The summed E-state index contributed by atoms with van der Waals surface area (Å²) in [6.07, 6.45) is 2.08. The summed E-state index contributed by atoms with van der Waals surface area (Å²) >= 11 is 0. The van der Waals surface area contributed by atoms with Gasteiger partial charge < -0.3 is 15.5 Å². The number of urea groups is 1. The van der Waals surface area contributed by atoms with Crippen molar-refractivity contribution in [3.63, 3.8) is 0 Å². The average Bonchev–Trinajstić information content (AvgIpc) is 2.56. The molecule has 6 heteroatoms. The van der Waals surface area contributed by atoms with E-state index in [-0.39, 0.29) is 24.5 Å². The van der Waals surface area contributed by atoms with Crippen molar-refractivity contribution >= 4 is 11.9 Å². The zero-order chi connectivity index (χ0) is 16.1. The Morgan fingerprint density at radius 3 is 2.87 bits per heavy atom. The lowest BCUT2D eigenvalue weighted by Gasteiger charge is -2.35. The van der Waals surface area contributed by atoms with Crippen molar-refractivity contribution in [3.8, 4) is 0 Å². The highest BCUT2D eigenvalue weighted by molar-refractivity contribution is 5.85. The highest BCUT2D eigenvalue weighted by Gasteiger charge is 2.26. The Morgan fingerprint density at radius 2 is 2.09 bits per heavy atom. The van der Waals surface area contributed by atoms with Gasteiger partial charge in [-0.05, 0) is 24.9 Å².